The summed E-state index contributed by atoms with van der Waals surface area (Å²) in [7, 11) is -3.65. The molecule has 0 atom stereocenters. The minimum absolute atomic E-state index is 0.0824. The lowest BCUT2D eigenvalue weighted by molar-refractivity contribution is -0.126. The highest BCUT2D eigenvalue weighted by Gasteiger charge is 2.32. The minimum Gasteiger partial charge on any atom is -0.356 e. The van der Waals surface area contributed by atoms with Gasteiger partial charge in [0.2, 0.25) is 15.9 Å². The maximum Gasteiger partial charge on any atom is 0.243 e. The van der Waals surface area contributed by atoms with Crippen molar-refractivity contribution in [2.75, 3.05) is 19.6 Å². The number of carbonyl (C=O) groups excluding carboxylic acids is 2. The Labute approximate surface area is 192 Å². The molecule has 31 heavy (non-hydrogen) atoms. The Kier molecular flexibility index (Phi) is 7.75. The third-order valence-electron chi connectivity index (χ3n) is 5.45. The van der Waals surface area contributed by atoms with Crippen LogP contribution in [0, 0.1) is 5.92 Å². The number of nitrogens with one attached hydrogen (secondary N) is 1. The van der Waals surface area contributed by atoms with Gasteiger partial charge in [0.05, 0.1) is 14.9 Å². The van der Waals surface area contributed by atoms with Crippen molar-refractivity contribution in [1.82, 2.24) is 9.62 Å². The van der Waals surface area contributed by atoms with Crippen molar-refractivity contribution in [3.63, 3.8) is 0 Å². The zero-order valence-electron chi connectivity index (χ0n) is 17.1. The predicted octanol–water partition coefficient (Wildman–Crippen LogP) is 3.96. The molecule has 166 valence electrons. The molecule has 0 bridgehead atoms. The molecule has 0 spiro atoms. The van der Waals surface area contributed by atoms with Gasteiger partial charge in [0.25, 0.3) is 0 Å². The molecule has 0 unspecified atom stereocenters. The third kappa shape index (κ3) is 5.66. The monoisotopic (exact) mass is 482 g/mol. The van der Waals surface area contributed by atoms with E-state index in [4.69, 9.17) is 23.2 Å². The van der Waals surface area contributed by atoms with Gasteiger partial charge in [-0.3, -0.25) is 9.59 Å². The Morgan fingerprint density at radius 1 is 1.06 bits per heavy atom. The summed E-state index contributed by atoms with van der Waals surface area (Å²) in [5.74, 6) is -0.434. The summed E-state index contributed by atoms with van der Waals surface area (Å²) in [6.07, 6.45) is 1.47. The van der Waals surface area contributed by atoms with Crippen molar-refractivity contribution in [1.29, 1.82) is 0 Å². The first-order valence-corrected chi connectivity index (χ1v) is 12.2. The van der Waals surface area contributed by atoms with E-state index in [2.05, 4.69) is 5.32 Å². The largest absolute Gasteiger partial charge is 0.356 e. The first-order valence-electron chi connectivity index (χ1n) is 10.0. The molecular weight excluding hydrogens is 459 g/mol. The van der Waals surface area contributed by atoms with Crippen molar-refractivity contribution in [3.8, 4) is 0 Å². The molecule has 0 aromatic heterocycles. The Balaban J connectivity index is 1.51. The Morgan fingerprint density at radius 3 is 2.32 bits per heavy atom. The first-order chi connectivity index (χ1) is 14.7. The number of hydrogen-bond acceptors (Lipinski definition) is 4. The molecule has 1 saturated heterocycles. The van der Waals surface area contributed by atoms with E-state index in [1.807, 2.05) is 12.1 Å². The van der Waals surface area contributed by atoms with Gasteiger partial charge in [0.1, 0.15) is 0 Å². The van der Waals surface area contributed by atoms with Gasteiger partial charge in [0.15, 0.2) is 5.78 Å². The van der Waals surface area contributed by atoms with E-state index < -0.39 is 10.0 Å². The fraction of sp³-hybridized carbons (Fsp3) is 0.364. The average Bonchev–Trinajstić information content (AvgIpc) is 2.76. The van der Waals surface area contributed by atoms with Gasteiger partial charge in [0, 0.05) is 31.1 Å². The standard InChI is InChI=1S/C22H24Cl2N2O4S/c1-15(27)16-5-7-19(8-6-16)31(29,30)26-13-10-18(11-14-26)22(28)25-12-9-17-3-2-4-20(23)21(17)24/h2-8,18H,9-14H2,1H3,(H,25,28). The van der Waals surface area contributed by atoms with E-state index in [-0.39, 0.29) is 35.6 Å². The maximum absolute atomic E-state index is 12.9. The molecule has 1 aliphatic heterocycles. The molecule has 0 aliphatic carbocycles. The second-order valence-corrected chi connectivity index (χ2v) is 10.2. The second kappa shape index (κ2) is 10.1. The Morgan fingerprint density at radius 2 is 1.71 bits per heavy atom. The Hall–Kier alpha value is -1.93. The molecular formula is C22H24Cl2N2O4S. The number of hydrogen-bond donors (Lipinski definition) is 1. The molecule has 1 amide bonds. The van der Waals surface area contributed by atoms with Crippen LogP contribution >= 0.6 is 23.2 Å². The van der Waals surface area contributed by atoms with E-state index in [9.17, 15) is 18.0 Å². The van der Waals surface area contributed by atoms with Gasteiger partial charge in [-0.05, 0) is 49.9 Å². The van der Waals surface area contributed by atoms with Crippen LogP contribution in [-0.2, 0) is 21.2 Å². The number of carbonyl (C=O) groups is 2. The fourth-order valence-electron chi connectivity index (χ4n) is 3.58. The number of sulfonamides is 1. The number of benzene rings is 2. The molecule has 2 aromatic carbocycles. The van der Waals surface area contributed by atoms with Gasteiger partial charge in [-0.15, -0.1) is 0 Å². The highest BCUT2D eigenvalue weighted by molar-refractivity contribution is 7.89. The lowest BCUT2D eigenvalue weighted by atomic mass is 9.97. The number of halogens is 2. The smallest absolute Gasteiger partial charge is 0.243 e. The average molecular weight is 483 g/mol. The number of piperidine rings is 1. The minimum atomic E-state index is -3.65. The molecule has 1 fully saturated rings. The summed E-state index contributed by atoms with van der Waals surface area (Å²) >= 11 is 12.2. The zero-order valence-corrected chi connectivity index (χ0v) is 19.4. The van der Waals surface area contributed by atoms with E-state index in [0.717, 1.165) is 5.56 Å². The summed E-state index contributed by atoms with van der Waals surface area (Å²) in [5.41, 5.74) is 1.33. The number of rotatable bonds is 7. The lowest BCUT2D eigenvalue weighted by Crippen LogP contribution is -2.43. The van der Waals surface area contributed by atoms with Crippen molar-refractivity contribution >= 4 is 44.9 Å². The van der Waals surface area contributed by atoms with E-state index >= 15 is 0 Å². The van der Waals surface area contributed by atoms with Crippen LogP contribution in [0.15, 0.2) is 47.4 Å². The predicted molar refractivity (Wildman–Crippen MR) is 121 cm³/mol. The summed E-state index contributed by atoms with van der Waals surface area (Å²) < 4.78 is 27.1. The number of amides is 1. The summed E-state index contributed by atoms with van der Waals surface area (Å²) in [5, 5.41) is 3.88. The summed E-state index contributed by atoms with van der Waals surface area (Å²) in [6.45, 7) is 2.41. The van der Waals surface area contributed by atoms with E-state index in [0.29, 0.717) is 41.4 Å². The molecule has 9 heteroatoms. The van der Waals surface area contributed by atoms with Crippen molar-refractivity contribution in [2.45, 2.75) is 31.1 Å². The zero-order chi connectivity index (χ0) is 22.6. The van der Waals surface area contributed by atoms with Gasteiger partial charge < -0.3 is 5.32 Å². The maximum atomic E-state index is 12.9. The molecule has 2 aromatic rings. The van der Waals surface area contributed by atoms with Crippen LogP contribution in [0.5, 0.6) is 0 Å². The number of nitrogens with zero attached hydrogens (tertiary/aromatic N) is 1. The highest BCUT2D eigenvalue weighted by Crippen LogP contribution is 2.26. The van der Waals surface area contributed by atoms with Crippen LogP contribution in [0.4, 0.5) is 0 Å². The van der Waals surface area contributed by atoms with Gasteiger partial charge in [-0.25, -0.2) is 8.42 Å². The number of ketones is 1. The molecule has 1 heterocycles. The third-order valence-corrected chi connectivity index (χ3v) is 8.22. The van der Waals surface area contributed by atoms with E-state index in [1.165, 1.54) is 35.5 Å². The normalized spacial score (nSPS) is 15.6. The fourth-order valence-corrected chi connectivity index (χ4v) is 5.46. The van der Waals surface area contributed by atoms with Crippen molar-refractivity contribution < 1.29 is 18.0 Å². The van der Waals surface area contributed by atoms with Crippen LogP contribution in [0.3, 0.4) is 0 Å². The van der Waals surface area contributed by atoms with Gasteiger partial charge in [-0.2, -0.15) is 4.31 Å². The van der Waals surface area contributed by atoms with E-state index in [1.54, 1.807) is 6.07 Å². The quantitative estimate of drug-likeness (QED) is 0.605. The summed E-state index contributed by atoms with van der Waals surface area (Å²) in [4.78, 5) is 24.0. The molecule has 0 saturated carbocycles. The van der Waals surface area contributed by atoms with Crippen LogP contribution in [0.1, 0.15) is 35.7 Å². The van der Waals surface area contributed by atoms with Crippen LogP contribution in [-0.4, -0.2) is 44.0 Å². The van der Waals surface area contributed by atoms with Crippen LogP contribution < -0.4 is 5.32 Å². The van der Waals surface area contributed by atoms with Crippen molar-refractivity contribution in [3.05, 3.63) is 63.6 Å². The molecule has 1 N–H and O–H groups in total. The SMILES string of the molecule is CC(=O)c1ccc(S(=O)(=O)N2CCC(C(=O)NCCc3cccc(Cl)c3Cl)CC2)cc1. The van der Waals surface area contributed by atoms with Gasteiger partial charge in [-0.1, -0.05) is 47.5 Å². The topological polar surface area (TPSA) is 83.6 Å². The molecule has 0 radical (unpaired) electrons. The molecule has 1 aliphatic rings. The van der Waals surface area contributed by atoms with Gasteiger partial charge >= 0.3 is 0 Å². The molecule has 6 nitrogen and oxygen atoms in total. The first kappa shape index (κ1) is 23.7. The van der Waals surface area contributed by atoms with Crippen molar-refractivity contribution in [2.24, 2.45) is 5.92 Å². The Bertz CT molecular complexity index is 1060. The van der Waals surface area contributed by atoms with Crippen LogP contribution in [0.25, 0.3) is 0 Å². The molecule has 3 rings (SSSR count). The second-order valence-electron chi connectivity index (χ2n) is 7.51. The lowest BCUT2D eigenvalue weighted by Gasteiger charge is -2.30. The summed E-state index contributed by atoms with van der Waals surface area (Å²) in [6, 6.07) is 11.3. The van der Waals surface area contributed by atoms with Crippen LogP contribution in [0.2, 0.25) is 10.0 Å². The highest BCUT2D eigenvalue weighted by atomic mass is 35.5. The number of Topliss-reactive ketones (excluding diaryl/α,β-unsaturated/α-hetero) is 1.